The zero-order chi connectivity index (χ0) is 12.8. The van der Waals surface area contributed by atoms with E-state index in [1.165, 1.54) is 6.33 Å². The third-order valence-corrected chi connectivity index (χ3v) is 2.46. The third-order valence-electron chi connectivity index (χ3n) is 2.46. The fourth-order valence-corrected chi connectivity index (χ4v) is 1.18. The largest absolute Gasteiger partial charge is 0.475 e. The average Bonchev–Trinajstić information content (AvgIpc) is 2.25. The number of likely N-dealkylation sites (N-methyl/N-ethyl adjacent to an activating group) is 1. The van der Waals surface area contributed by atoms with E-state index in [-0.39, 0.29) is 6.10 Å². The summed E-state index contributed by atoms with van der Waals surface area (Å²) in [6, 6.07) is 2.27. The molecule has 5 heteroatoms. The first-order valence-corrected chi connectivity index (χ1v) is 5.88. The van der Waals surface area contributed by atoms with Crippen molar-refractivity contribution in [1.82, 2.24) is 14.9 Å². The quantitative estimate of drug-likeness (QED) is 0.816. The van der Waals surface area contributed by atoms with E-state index in [2.05, 4.69) is 41.2 Å². The topological polar surface area (TPSA) is 50.3 Å². The number of aromatic nitrogens is 2. The number of anilines is 1. The molecule has 0 fully saturated rings. The summed E-state index contributed by atoms with van der Waals surface area (Å²) in [6.07, 6.45) is 1.64. The molecule has 96 valence electrons. The van der Waals surface area contributed by atoms with Crippen LogP contribution >= 0.6 is 0 Å². The van der Waals surface area contributed by atoms with Gasteiger partial charge in [0.15, 0.2) is 0 Å². The molecule has 0 spiro atoms. The summed E-state index contributed by atoms with van der Waals surface area (Å²) in [5.74, 6) is 1.40. The molecule has 1 heterocycles. The SMILES string of the molecule is CC(C)Oc1cc(NCC(C)N(C)C)ncn1. The van der Waals surface area contributed by atoms with Crippen LogP contribution < -0.4 is 10.1 Å². The molecule has 0 aliphatic rings. The highest BCUT2D eigenvalue weighted by Crippen LogP contribution is 2.12. The van der Waals surface area contributed by atoms with Gasteiger partial charge in [0.2, 0.25) is 5.88 Å². The zero-order valence-corrected chi connectivity index (χ0v) is 11.3. The van der Waals surface area contributed by atoms with Gasteiger partial charge in [0.1, 0.15) is 12.1 Å². The van der Waals surface area contributed by atoms with Gasteiger partial charge < -0.3 is 15.0 Å². The Bertz CT molecular complexity index is 341. The Morgan fingerprint density at radius 1 is 1.29 bits per heavy atom. The minimum absolute atomic E-state index is 0.124. The van der Waals surface area contributed by atoms with Crippen molar-refractivity contribution in [2.24, 2.45) is 0 Å². The molecule has 0 radical (unpaired) electrons. The fourth-order valence-electron chi connectivity index (χ4n) is 1.18. The van der Waals surface area contributed by atoms with E-state index >= 15 is 0 Å². The molecule has 0 aliphatic carbocycles. The summed E-state index contributed by atoms with van der Waals surface area (Å²) in [7, 11) is 4.11. The lowest BCUT2D eigenvalue weighted by molar-refractivity contribution is 0.232. The Morgan fingerprint density at radius 3 is 2.59 bits per heavy atom. The van der Waals surface area contributed by atoms with Crippen molar-refractivity contribution in [3.8, 4) is 5.88 Å². The number of rotatable bonds is 6. The molecule has 1 N–H and O–H groups in total. The highest BCUT2D eigenvalue weighted by Gasteiger charge is 2.06. The van der Waals surface area contributed by atoms with Crippen LogP contribution in [0.4, 0.5) is 5.82 Å². The summed E-state index contributed by atoms with van der Waals surface area (Å²) < 4.78 is 5.51. The smallest absolute Gasteiger partial charge is 0.218 e. The summed E-state index contributed by atoms with van der Waals surface area (Å²) in [4.78, 5) is 10.4. The molecule has 0 aromatic carbocycles. The van der Waals surface area contributed by atoms with Gasteiger partial charge in [0.05, 0.1) is 6.10 Å². The van der Waals surface area contributed by atoms with Gasteiger partial charge in [-0.05, 0) is 34.9 Å². The molecule has 0 saturated carbocycles. The number of nitrogens with one attached hydrogen (secondary N) is 1. The maximum atomic E-state index is 5.51. The van der Waals surface area contributed by atoms with Crippen LogP contribution in [0.1, 0.15) is 20.8 Å². The minimum Gasteiger partial charge on any atom is -0.475 e. The Labute approximate surface area is 103 Å². The van der Waals surface area contributed by atoms with E-state index in [1.54, 1.807) is 0 Å². The molecule has 1 rings (SSSR count). The van der Waals surface area contributed by atoms with Gasteiger partial charge in [0.25, 0.3) is 0 Å². The Morgan fingerprint density at radius 2 is 2.00 bits per heavy atom. The molecule has 5 nitrogen and oxygen atoms in total. The predicted octanol–water partition coefficient (Wildman–Crippen LogP) is 1.63. The summed E-state index contributed by atoms with van der Waals surface area (Å²) in [6.45, 7) is 6.94. The van der Waals surface area contributed by atoms with Gasteiger partial charge >= 0.3 is 0 Å². The second-order valence-corrected chi connectivity index (χ2v) is 4.60. The van der Waals surface area contributed by atoms with Crippen molar-refractivity contribution >= 4 is 5.82 Å². The van der Waals surface area contributed by atoms with E-state index in [4.69, 9.17) is 4.74 Å². The molecule has 0 saturated heterocycles. The van der Waals surface area contributed by atoms with Gasteiger partial charge in [-0.1, -0.05) is 0 Å². The van der Waals surface area contributed by atoms with E-state index in [0.717, 1.165) is 12.4 Å². The molecule has 0 aliphatic heterocycles. The van der Waals surface area contributed by atoms with Crippen LogP contribution in [0.3, 0.4) is 0 Å². The van der Waals surface area contributed by atoms with Gasteiger partial charge in [-0.3, -0.25) is 0 Å². The normalized spacial score (nSPS) is 12.9. The van der Waals surface area contributed by atoms with E-state index in [9.17, 15) is 0 Å². The van der Waals surface area contributed by atoms with Crippen molar-refractivity contribution in [2.75, 3.05) is 26.0 Å². The Hall–Kier alpha value is -1.36. The first kappa shape index (κ1) is 13.7. The Balaban J connectivity index is 2.54. The Kier molecular flexibility index (Phi) is 5.15. The number of hydrogen-bond donors (Lipinski definition) is 1. The lowest BCUT2D eigenvalue weighted by Crippen LogP contribution is -2.31. The lowest BCUT2D eigenvalue weighted by atomic mass is 10.3. The van der Waals surface area contributed by atoms with Crippen molar-refractivity contribution < 1.29 is 4.74 Å². The van der Waals surface area contributed by atoms with Gasteiger partial charge in [-0.2, -0.15) is 0 Å². The summed E-state index contributed by atoms with van der Waals surface area (Å²) >= 11 is 0. The zero-order valence-electron chi connectivity index (χ0n) is 11.3. The first-order chi connectivity index (χ1) is 7.99. The third kappa shape index (κ3) is 4.99. The highest BCUT2D eigenvalue weighted by atomic mass is 16.5. The molecule has 1 aromatic heterocycles. The molecular weight excluding hydrogens is 216 g/mol. The molecule has 0 bridgehead atoms. The van der Waals surface area contributed by atoms with Crippen LogP contribution in [0.15, 0.2) is 12.4 Å². The van der Waals surface area contributed by atoms with Crippen LogP contribution in [0, 0.1) is 0 Å². The predicted molar refractivity (Wildman–Crippen MR) is 69.4 cm³/mol. The molecule has 1 unspecified atom stereocenters. The van der Waals surface area contributed by atoms with Crippen LogP contribution in [0.25, 0.3) is 0 Å². The van der Waals surface area contributed by atoms with Crippen LogP contribution in [0.2, 0.25) is 0 Å². The summed E-state index contributed by atoms with van der Waals surface area (Å²) in [5.41, 5.74) is 0. The second-order valence-electron chi connectivity index (χ2n) is 4.60. The lowest BCUT2D eigenvalue weighted by Gasteiger charge is -2.20. The maximum absolute atomic E-state index is 5.51. The molecule has 0 amide bonds. The van der Waals surface area contributed by atoms with Gasteiger partial charge in [-0.15, -0.1) is 0 Å². The standard InChI is InChI=1S/C12H22N4O/c1-9(2)17-12-6-11(14-8-15-12)13-7-10(3)16(4)5/h6,8-10H,7H2,1-5H3,(H,13,14,15). The molecular formula is C12H22N4O. The average molecular weight is 238 g/mol. The summed E-state index contributed by atoms with van der Waals surface area (Å²) in [5, 5.41) is 3.27. The fraction of sp³-hybridized carbons (Fsp3) is 0.667. The van der Waals surface area contributed by atoms with Crippen LogP contribution in [-0.2, 0) is 0 Å². The van der Waals surface area contributed by atoms with E-state index < -0.39 is 0 Å². The van der Waals surface area contributed by atoms with Gasteiger partial charge in [0, 0.05) is 18.7 Å². The van der Waals surface area contributed by atoms with E-state index in [0.29, 0.717) is 11.9 Å². The van der Waals surface area contributed by atoms with Crippen molar-refractivity contribution in [3.05, 3.63) is 12.4 Å². The van der Waals surface area contributed by atoms with E-state index in [1.807, 2.05) is 19.9 Å². The molecule has 17 heavy (non-hydrogen) atoms. The second kappa shape index (κ2) is 6.39. The van der Waals surface area contributed by atoms with Crippen LogP contribution in [-0.4, -0.2) is 47.7 Å². The van der Waals surface area contributed by atoms with Gasteiger partial charge in [-0.25, -0.2) is 9.97 Å². The van der Waals surface area contributed by atoms with Crippen molar-refractivity contribution in [3.63, 3.8) is 0 Å². The number of hydrogen-bond acceptors (Lipinski definition) is 5. The minimum atomic E-state index is 0.124. The number of ether oxygens (including phenoxy) is 1. The first-order valence-electron chi connectivity index (χ1n) is 5.88. The highest BCUT2D eigenvalue weighted by molar-refractivity contribution is 5.37. The van der Waals surface area contributed by atoms with Crippen molar-refractivity contribution in [2.45, 2.75) is 32.9 Å². The monoisotopic (exact) mass is 238 g/mol. The molecule has 1 aromatic rings. The van der Waals surface area contributed by atoms with Crippen molar-refractivity contribution in [1.29, 1.82) is 0 Å². The number of nitrogens with zero attached hydrogens (tertiary/aromatic N) is 3. The van der Waals surface area contributed by atoms with Crippen LogP contribution in [0.5, 0.6) is 5.88 Å². The maximum Gasteiger partial charge on any atom is 0.218 e. The molecule has 1 atom stereocenters.